The number of hydrogen-bond acceptors (Lipinski definition) is 2. The van der Waals surface area contributed by atoms with Crippen molar-refractivity contribution in [1.82, 2.24) is 0 Å². The summed E-state index contributed by atoms with van der Waals surface area (Å²) in [5.74, 6) is 1.19. The minimum Gasteiger partial charge on any atom is -0.382 e. The fourth-order valence-electron chi connectivity index (χ4n) is 2.79. The van der Waals surface area contributed by atoms with Gasteiger partial charge in [-0.1, -0.05) is 30.3 Å². The van der Waals surface area contributed by atoms with Crippen LogP contribution >= 0.6 is 0 Å². The molecule has 2 atom stereocenters. The molecule has 0 amide bonds. The third-order valence-corrected chi connectivity index (χ3v) is 3.85. The molecule has 0 N–H and O–H groups in total. The Bertz CT molecular complexity index is 372. The first kappa shape index (κ1) is 13.3. The molecule has 0 radical (unpaired) electrons. The average molecular weight is 246 g/mol. The van der Waals surface area contributed by atoms with Crippen LogP contribution in [0.15, 0.2) is 30.3 Å². The quantitative estimate of drug-likeness (QED) is 0.742. The normalized spacial score (nSPS) is 24.2. The standard InChI is InChI=1S/C16H22O2/c1-2-18-11-10-15-12-14(8-9-16(15)17)13-6-4-3-5-7-13/h3-7,14-15H,2,8-12H2,1H3. The molecular weight excluding hydrogens is 224 g/mol. The van der Waals surface area contributed by atoms with Gasteiger partial charge in [0.1, 0.15) is 5.78 Å². The smallest absolute Gasteiger partial charge is 0.136 e. The van der Waals surface area contributed by atoms with Crippen LogP contribution < -0.4 is 0 Å². The van der Waals surface area contributed by atoms with Gasteiger partial charge >= 0.3 is 0 Å². The topological polar surface area (TPSA) is 26.3 Å². The lowest BCUT2D eigenvalue weighted by molar-refractivity contribution is -0.125. The van der Waals surface area contributed by atoms with Crippen LogP contribution in [0.1, 0.15) is 44.1 Å². The van der Waals surface area contributed by atoms with Crippen molar-refractivity contribution in [3.63, 3.8) is 0 Å². The third kappa shape index (κ3) is 3.42. The highest BCUT2D eigenvalue weighted by atomic mass is 16.5. The first-order valence-corrected chi connectivity index (χ1v) is 6.96. The summed E-state index contributed by atoms with van der Waals surface area (Å²) in [4.78, 5) is 11.9. The van der Waals surface area contributed by atoms with Gasteiger partial charge in [0.2, 0.25) is 0 Å². The zero-order valence-corrected chi connectivity index (χ0v) is 11.1. The molecule has 1 aromatic rings. The molecular formula is C16H22O2. The van der Waals surface area contributed by atoms with E-state index in [-0.39, 0.29) is 5.92 Å². The minimum atomic E-state index is 0.204. The Labute approximate surface area is 109 Å². The van der Waals surface area contributed by atoms with Crippen LogP contribution in [0.3, 0.4) is 0 Å². The molecule has 0 bridgehead atoms. The van der Waals surface area contributed by atoms with Gasteiger partial charge in [0.25, 0.3) is 0 Å². The summed E-state index contributed by atoms with van der Waals surface area (Å²) in [5, 5.41) is 0. The molecule has 2 nitrogen and oxygen atoms in total. The maximum absolute atomic E-state index is 11.9. The molecule has 98 valence electrons. The van der Waals surface area contributed by atoms with Gasteiger partial charge in [0.15, 0.2) is 0 Å². The molecule has 0 heterocycles. The van der Waals surface area contributed by atoms with E-state index in [9.17, 15) is 4.79 Å². The third-order valence-electron chi connectivity index (χ3n) is 3.85. The van der Waals surface area contributed by atoms with E-state index in [1.807, 2.05) is 13.0 Å². The van der Waals surface area contributed by atoms with E-state index in [0.717, 1.165) is 32.3 Å². The van der Waals surface area contributed by atoms with Crippen molar-refractivity contribution in [1.29, 1.82) is 0 Å². The molecule has 2 unspecified atom stereocenters. The summed E-state index contributed by atoms with van der Waals surface area (Å²) in [6.07, 6.45) is 3.62. The van der Waals surface area contributed by atoms with Crippen LogP contribution in [0.25, 0.3) is 0 Å². The summed E-state index contributed by atoms with van der Waals surface area (Å²) < 4.78 is 5.37. The molecule has 2 rings (SSSR count). The summed E-state index contributed by atoms with van der Waals surface area (Å²) >= 11 is 0. The summed E-state index contributed by atoms with van der Waals surface area (Å²) in [7, 11) is 0. The first-order chi connectivity index (χ1) is 8.81. The average Bonchev–Trinajstić information content (AvgIpc) is 2.42. The van der Waals surface area contributed by atoms with Gasteiger partial charge in [-0.2, -0.15) is 0 Å². The van der Waals surface area contributed by atoms with Crippen LogP contribution in [0.5, 0.6) is 0 Å². The maximum atomic E-state index is 11.9. The Hall–Kier alpha value is -1.15. The fraction of sp³-hybridized carbons (Fsp3) is 0.562. The molecule has 1 saturated carbocycles. The lowest BCUT2D eigenvalue weighted by Gasteiger charge is -2.28. The van der Waals surface area contributed by atoms with Gasteiger partial charge in [0, 0.05) is 25.6 Å². The van der Waals surface area contributed by atoms with E-state index in [4.69, 9.17) is 4.74 Å². The number of carbonyl (C=O) groups is 1. The SMILES string of the molecule is CCOCCC1CC(c2ccccc2)CCC1=O. The van der Waals surface area contributed by atoms with Crippen molar-refractivity contribution in [2.24, 2.45) is 5.92 Å². The van der Waals surface area contributed by atoms with E-state index in [1.165, 1.54) is 5.56 Å². The second kappa shape index (κ2) is 6.69. The maximum Gasteiger partial charge on any atom is 0.136 e. The van der Waals surface area contributed by atoms with E-state index in [1.54, 1.807) is 0 Å². The predicted molar refractivity (Wildman–Crippen MR) is 72.6 cm³/mol. The Kier molecular flexibility index (Phi) is 4.94. The van der Waals surface area contributed by atoms with Gasteiger partial charge < -0.3 is 4.74 Å². The van der Waals surface area contributed by atoms with Crippen molar-refractivity contribution in [3.8, 4) is 0 Å². The molecule has 1 aromatic carbocycles. The second-order valence-electron chi connectivity index (χ2n) is 5.03. The molecule has 1 aliphatic rings. The number of ketones is 1. The molecule has 2 heteroatoms. The lowest BCUT2D eigenvalue weighted by Crippen LogP contribution is -2.25. The van der Waals surface area contributed by atoms with Gasteiger partial charge in [-0.05, 0) is 37.7 Å². The van der Waals surface area contributed by atoms with Gasteiger partial charge in [-0.3, -0.25) is 4.79 Å². The molecule has 1 aliphatic carbocycles. The van der Waals surface area contributed by atoms with Crippen molar-refractivity contribution in [3.05, 3.63) is 35.9 Å². The van der Waals surface area contributed by atoms with Crippen LogP contribution in [0.2, 0.25) is 0 Å². The number of rotatable bonds is 5. The van der Waals surface area contributed by atoms with Crippen LogP contribution in [-0.2, 0) is 9.53 Å². The highest BCUT2D eigenvalue weighted by Crippen LogP contribution is 2.35. The van der Waals surface area contributed by atoms with Crippen LogP contribution in [0, 0.1) is 5.92 Å². The highest BCUT2D eigenvalue weighted by Gasteiger charge is 2.28. The van der Waals surface area contributed by atoms with Crippen molar-refractivity contribution in [2.45, 2.75) is 38.5 Å². The predicted octanol–water partition coefficient (Wildman–Crippen LogP) is 3.57. The molecule has 0 aromatic heterocycles. The summed E-state index contributed by atoms with van der Waals surface area (Å²) in [5.41, 5.74) is 1.38. The number of ether oxygens (including phenoxy) is 1. The van der Waals surface area contributed by atoms with Gasteiger partial charge in [-0.25, -0.2) is 0 Å². The minimum absolute atomic E-state index is 0.204. The number of benzene rings is 1. The highest BCUT2D eigenvalue weighted by molar-refractivity contribution is 5.82. The Morgan fingerprint density at radius 1 is 1.28 bits per heavy atom. The van der Waals surface area contributed by atoms with Gasteiger partial charge in [0.05, 0.1) is 0 Å². The van der Waals surface area contributed by atoms with E-state index in [0.29, 0.717) is 18.3 Å². The van der Waals surface area contributed by atoms with Crippen LogP contribution in [0.4, 0.5) is 0 Å². The largest absolute Gasteiger partial charge is 0.382 e. The molecule has 0 spiro atoms. The number of hydrogen-bond donors (Lipinski definition) is 0. The van der Waals surface area contributed by atoms with Crippen molar-refractivity contribution < 1.29 is 9.53 Å². The molecule has 0 aliphatic heterocycles. The fourth-order valence-corrected chi connectivity index (χ4v) is 2.79. The lowest BCUT2D eigenvalue weighted by atomic mass is 9.76. The first-order valence-electron chi connectivity index (χ1n) is 6.96. The van der Waals surface area contributed by atoms with E-state index in [2.05, 4.69) is 24.3 Å². The zero-order valence-electron chi connectivity index (χ0n) is 11.1. The van der Waals surface area contributed by atoms with Crippen LogP contribution in [-0.4, -0.2) is 19.0 Å². The molecule has 0 saturated heterocycles. The second-order valence-corrected chi connectivity index (χ2v) is 5.03. The monoisotopic (exact) mass is 246 g/mol. The van der Waals surface area contributed by atoms with Gasteiger partial charge in [-0.15, -0.1) is 0 Å². The number of Topliss-reactive ketones (excluding diaryl/α,β-unsaturated/α-hetero) is 1. The number of carbonyl (C=O) groups excluding carboxylic acids is 1. The van der Waals surface area contributed by atoms with E-state index < -0.39 is 0 Å². The molecule has 1 fully saturated rings. The Morgan fingerprint density at radius 3 is 2.78 bits per heavy atom. The van der Waals surface area contributed by atoms with E-state index >= 15 is 0 Å². The van der Waals surface area contributed by atoms with Crippen molar-refractivity contribution >= 4 is 5.78 Å². The zero-order chi connectivity index (χ0) is 12.8. The molecule has 18 heavy (non-hydrogen) atoms. The Morgan fingerprint density at radius 2 is 2.06 bits per heavy atom. The summed E-state index contributed by atoms with van der Waals surface area (Å²) in [6, 6.07) is 10.6. The van der Waals surface area contributed by atoms with Crippen molar-refractivity contribution in [2.75, 3.05) is 13.2 Å². The Balaban J connectivity index is 1.94. The summed E-state index contributed by atoms with van der Waals surface area (Å²) in [6.45, 7) is 3.45.